The molecule has 1 aliphatic heterocycles. The van der Waals surface area contributed by atoms with Crippen LogP contribution in [0.4, 0.5) is 5.69 Å². The Kier molecular flexibility index (Phi) is 7.19. The predicted octanol–water partition coefficient (Wildman–Crippen LogP) is 4.79. The largest absolute Gasteiger partial charge is 0.502 e. The van der Waals surface area contributed by atoms with Crippen molar-refractivity contribution in [2.75, 3.05) is 19.1 Å². The minimum atomic E-state index is -0.706. The lowest BCUT2D eigenvalue weighted by atomic mass is 9.60. The van der Waals surface area contributed by atoms with Crippen molar-refractivity contribution < 1.29 is 38.6 Å². The van der Waals surface area contributed by atoms with Crippen LogP contribution in [-0.4, -0.2) is 48.5 Å². The maximum Gasteiger partial charge on any atom is 0.238 e. The molecule has 44 heavy (non-hydrogen) atoms. The number of allylic oxidation sites excluding steroid dienone is 7. The Labute approximate surface area is 254 Å². The highest BCUT2D eigenvalue weighted by Gasteiger charge is 2.56. The van der Waals surface area contributed by atoms with Crippen LogP contribution in [0.3, 0.4) is 0 Å². The zero-order valence-electron chi connectivity index (χ0n) is 24.7. The molecule has 224 valence electrons. The number of anilines is 1. The quantitative estimate of drug-likeness (QED) is 0.219. The molecule has 0 spiro atoms. The van der Waals surface area contributed by atoms with Crippen LogP contribution >= 0.6 is 0 Å². The first kappa shape index (κ1) is 29.0. The SMILES string of the molecule is COc1cc(C=CC2C3=CCC4C(=O)N(c5ccc(C(C)=O)cc5)C(=O)C4C3CC3=C2C(=O)C=C(C)C3=O)cc(OC)c1O. The summed E-state index contributed by atoms with van der Waals surface area (Å²) < 4.78 is 10.6. The Balaban J connectivity index is 1.41. The number of ether oxygens (including phenoxy) is 2. The van der Waals surface area contributed by atoms with E-state index in [4.69, 9.17) is 9.47 Å². The number of rotatable bonds is 6. The van der Waals surface area contributed by atoms with Crippen molar-refractivity contribution in [3.8, 4) is 17.2 Å². The van der Waals surface area contributed by atoms with Crippen LogP contribution in [0.15, 0.2) is 76.9 Å². The van der Waals surface area contributed by atoms with E-state index in [0.29, 0.717) is 40.0 Å². The number of nitrogens with zero attached hydrogens (tertiary/aromatic N) is 1. The predicted molar refractivity (Wildman–Crippen MR) is 161 cm³/mol. The summed E-state index contributed by atoms with van der Waals surface area (Å²) in [5, 5.41) is 10.3. The van der Waals surface area contributed by atoms with Crippen molar-refractivity contribution in [1.29, 1.82) is 0 Å². The summed E-state index contributed by atoms with van der Waals surface area (Å²) in [6.45, 7) is 3.05. The summed E-state index contributed by atoms with van der Waals surface area (Å²) in [4.78, 5) is 67.5. The van der Waals surface area contributed by atoms with Gasteiger partial charge in [-0.2, -0.15) is 0 Å². The van der Waals surface area contributed by atoms with Gasteiger partial charge in [0.05, 0.1) is 31.7 Å². The summed E-state index contributed by atoms with van der Waals surface area (Å²) in [5.74, 6) is -3.40. The first-order chi connectivity index (χ1) is 21.0. The standard InChI is InChI=1S/C35H31NO8/c1-17-13-27(38)30-23(10-5-19-14-28(43-3)33(40)29(15-19)44-4)22-11-12-24-31(25(22)16-26(30)32(17)39)35(42)36(34(24)41)21-8-6-20(7-9-21)18(2)37/h5-11,13-15,23-25,31,40H,12,16H2,1-4H3. The summed E-state index contributed by atoms with van der Waals surface area (Å²) in [6, 6.07) is 9.64. The Morgan fingerprint density at radius 2 is 1.64 bits per heavy atom. The molecule has 1 N–H and O–H groups in total. The fraction of sp³-hybridized carbons (Fsp3) is 0.286. The number of amides is 2. The van der Waals surface area contributed by atoms with Crippen molar-refractivity contribution >= 4 is 40.9 Å². The number of Topliss-reactive ketones (excluding diaryl/α,β-unsaturated/α-hetero) is 2. The molecule has 4 aliphatic rings. The highest BCUT2D eigenvalue weighted by Crippen LogP contribution is 2.53. The molecule has 1 saturated heterocycles. The van der Waals surface area contributed by atoms with Gasteiger partial charge in [0.2, 0.25) is 17.6 Å². The first-order valence-electron chi connectivity index (χ1n) is 14.4. The molecule has 2 amide bonds. The lowest BCUT2D eigenvalue weighted by Gasteiger charge is -2.41. The Morgan fingerprint density at radius 1 is 0.977 bits per heavy atom. The molecule has 6 rings (SSSR count). The van der Waals surface area contributed by atoms with E-state index in [-0.39, 0.29) is 52.8 Å². The number of ketones is 3. The van der Waals surface area contributed by atoms with Crippen LogP contribution in [-0.2, 0) is 19.2 Å². The van der Waals surface area contributed by atoms with E-state index < -0.39 is 23.7 Å². The molecule has 4 atom stereocenters. The van der Waals surface area contributed by atoms with E-state index in [1.165, 1.54) is 32.1 Å². The molecule has 2 aromatic rings. The monoisotopic (exact) mass is 593 g/mol. The highest BCUT2D eigenvalue weighted by atomic mass is 16.5. The number of carbonyl (C=O) groups is 5. The topological polar surface area (TPSA) is 127 Å². The maximum atomic E-state index is 14.0. The van der Waals surface area contributed by atoms with E-state index in [1.807, 2.05) is 12.2 Å². The number of benzene rings is 2. The van der Waals surface area contributed by atoms with Gasteiger partial charge >= 0.3 is 0 Å². The zero-order valence-corrected chi connectivity index (χ0v) is 24.7. The number of hydrogen-bond donors (Lipinski definition) is 1. The van der Waals surface area contributed by atoms with E-state index in [1.54, 1.807) is 49.4 Å². The molecular formula is C35H31NO8. The number of aromatic hydroxyl groups is 1. The first-order valence-corrected chi connectivity index (χ1v) is 14.4. The normalized spacial score (nSPS) is 24.6. The second-order valence-electron chi connectivity index (χ2n) is 11.5. The number of phenolic OH excluding ortho intramolecular Hbond substituents is 1. The molecule has 1 fully saturated rings. The third-order valence-electron chi connectivity index (χ3n) is 9.13. The van der Waals surface area contributed by atoms with Gasteiger partial charge in [-0.05, 0) is 80.6 Å². The summed E-state index contributed by atoms with van der Waals surface area (Å²) in [6.07, 6.45) is 7.38. The van der Waals surface area contributed by atoms with Gasteiger partial charge in [-0.15, -0.1) is 0 Å². The molecule has 1 heterocycles. The lowest BCUT2D eigenvalue weighted by Crippen LogP contribution is -2.40. The molecule has 0 radical (unpaired) electrons. The smallest absolute Gasteiger partial charge is 0.238 e. The number of hydrogen-bond acceptors (Lipinski definition) is 8. The minimum Gasteiger partial charge on any atom is -0.502 e. The fourth-order valence-electron chi connectivity index (χ4n) is 6.98. The lowest BCUT2D eigenvalue weighted by molar-refractivity contribution is -0.123. The number of phenols is 1. The summed E-state index contributed by atoms with van der Waals surface area (Å²) in [5.41, 5.74) is 3.41. The van der Waals surface area contributed by atoms with Gasteiger partial charge < -0.3 is 14.6 Å². The molecule has 3 aliphatic carbocycles. The third-order valence-corrected chi connectivity index (χ3v) is 9.13. The van der Waals surface area contributed by atoms with Gasteiger partial charge in [0.15, 0.2) is 28.8 Å². The molecule has 0 saturated carbocycles. The van der Waals surface area contributed by atoms with Crippen LogP contribution in [0.2, 0.25) is 0 Å². The van der Waals surface area contributed by atoms with Crippen molar-refractivity contribution in [3.63, 3.8) is 0 Å². The molecule has 4 unspecified atom stereocenters. The van der Waals surface area contributed by atoms with Gasteiger partial charge in [0.1, 0.15) is 0 Å². The minimum absolute atomic E-state index is 0.122. The van der Waals surface area contributed by atoms with Crippen molar-refractivity contribution in [3.05, 3.63) is 88.0 Å². The van der Waals surface area contributed by atoms with E-state index in [9.17, 15) is 29.1 Å². The Morgan fingerprint density at radius 3 is 2.25 bits per heavy atom. The van der Waals surface area contributed by atoms with E-state index >= 15 is 0 Å². The summed E-state index contributed by atoms with van der Waals surface area (Å²) >= 11 is 0. The highest BCUT2D eigenvalue weighted by molar-refractivity contribution is 6.24. The fourth-order valence-corrected chi connectivity index (χ4v) is 6.98. The Hall–Kier alpha value is -5.05. The molecule has 2 aromatic carbocycles. The van der Waals surface area contributed by atoms with Gasteiger partial charge in [-0.25, -0.2) is 0 Å². The number of fused-ring (bicyclic) bond motifs is 3. The molecule has 9 heteroatoms. The molecule has 9 nitrogen and oxygen atoms in total. The average molecular weight is 594 g/mol. The third kappa shape index (κ3) is 4.51. The Bertz CT molecular complexity index is 1750. The number of imide groups is 1. The zero-order chi connectivity index (χ0) is 31.4. The molecule has 0 aromatic heterocycles. The van der Waals surface area contributed by atoms with Crippen LogP contribution in [0.1, 0.15) is 42.6 Å². The van der Waals surface area contributed by atoms with Gasteiger partial charge in [0.25, 0.3) is 0 Å². The number of methoxy groups -OCH3 is 2. The van der Waals surface area contributed by atoms with Crippen LogP contribution < -0.4 is 14.4 Å². The van der Waals surface area contributed by atoms with Crippen molar-refractivity contribution in [1.82, 2.24) is 0 Å². The van der Waals surface area contributed by atoms with Gasteiger partial charge in [0, 0.05) is 28.2 Å². The van der Waals surface area contributed by atoms with Gasteiger partial charge in [-0.3, -0.25) is 28.9 Å². The molecular weight excluding hydrogens is 562 g/mol. The van der Waals surface area contributed by atoms with Crippen LogP contribution in [0, 0.1) is 23.7 Å². The second kappa shape index (κ2) is 10.9. The number of carbonyl (C=O) groups excluding carboxylic acids is 5. The molecule has 0 bridgehead atoms. The maximum absolute atomic E-state index is 14.0. The summed E-state index contributed by atoms with van der Waals surface area (Å²) in [7, 11) is 2.85. The van der Waals surface area contributed by atoms with Crippen LogP contribution in [0.25, 0.3) is 6.08 Å². The van der Waals surface area contributed by atoms with Crippen molar-refractivity contribution in [2.24, 2.45) is 23.7 Å². The van der Waals surface area contributed by atoms with E-state index in [0.717, 1.165) is 5.57 Å². The second-order valence-corrected chi connectivity index (χ2v) is 11.5. The average Bonchev–Trinajstić information content (AvgIpc) is 3.27. The van der Waals surface area contributed by atoms with Crippen LogP contribution in [0.5, 0.6) is 17.2 Å². The van der Waals surface area contributed by atoms with Crippen molar-refractivity contribution in [2.45, 2.75) is 26.7 Å². The van der Waals surface area contributed by atoms with E-state index in [2.05, 4.69) is 0 Å². The van der Waals surface area contributed by atoms with Gasteiger partial charge in [-0.1, -0.05) is 23.8 Å².